The first-order valence-electron chi connectivity index (χ1n) is 4.84. The fourth-order valence-corrected chi connectivity index (χ4v) is 1.80. The van der Waals surface area contributed by atoms with Gasteiger partial charge in [0.1, 0.15) is 17.2 Å². The van der Waals surface area contributed by atoms with Crippen LogP contribution in [0.2, 0.25) is 0 Å². The van der Waals surface area contributed by atoms with E-state index < -0.39 is 0 Å². The minimum Gasteiger partial charge on any atom is -0.384 e. The number of rotatable bonds is 1. The molecule has 0 saturated heterocycles. The van der Waals surface area contributed by atoms with Crippen molar-refractivity contribution >= 4 is 17.0 Å². The Morgan fingerprint density at radius 3 is 2.86 bits per heavy atom. The van der Waals surface area contributed by atoms with Crippen molar-refractivity contribution in [3.05, 3.63) is 18.0 Å². The molecule has 2 aromatic rings. The predicted octanol–water partition coefficient (Wildman–Crippen LogP) is 1.43. The highest BCUT2D eigenvalue weighted by molar-refractivity contribution is 5.73. The molecule has 0 radical (unpaired) electrons. The Kier molecular flexibility index (Phi) is 1.37. The van der Waals surface area contributed by atoms with Gasteiger partial charge in [0.15, 0.2) is 5.65 Å². The first-order valence-corrected chi connectivity index (χ1v) is 4.84. The molecular formula is C10H12N4. The molecule has 4 heteroatoms. The number of hydrogen-bond acceptors (Lipinski definition) is 3. The van der Waals surface area contributed by atoms with Crippen molar-refractivity contribution in [1.29, 1.82) is 0 Å². The van der Waals surface area contributed by atoms with Crippen molar-refractivity contribution in [2.45, 2.75) is 18.8 Å². The number of anilines is 1. The summed E-state index contributed by atoms with van der Waals surface area (Å²) in [6.07, 6.45) is 2.51. The Morgan fingerprint density at radius 2 is 2.14 bits per heavy atom. The summed E-state index contributed by atoms with van der Waals surface area (Å²) in [5.74, 6) is 2.36. The molecule has 2 aromatic heterocycles. The zero-order valence-electron chi connectivity index (χ0n) is 8.07. The van der Waals surface area contributed by atoms with Gasteiger partial charge in [-0.25, -0.2) is 9.97 Å². The number of aryl methyl sites for hydroxylation is 1. The van der Waals surface area contributed by atoms with Gasteiger partial charge in [0, 0.05) is 13.0 Å². The summed E-state index contributed by atoms with van der Waals surface area (Å²) >= 11 is 0. The monoisotopic (exact) mass is 188 g/mol. The van der Waals surface area contributed by atoms with Gasteiger partial charge in [-0.2, -0.15) is 0 Å². The van der Waals surface area contributed by atoms with Gasteiger partial charge in [-0.3, -0.25) is 0 Å². The Morgan fingerprint density at radius 1 is 1.36 bits per heavy atom. The highest BCUT2D eigenvalue weighted by Crippen LogP contribution is 2.39. The van der Waals surface area contributed by atoms with Crippen LogP contribution >= 0.6 is 0 Å². The van der Waals surface area contributed by atoms with E-state index in [1.54, 1.807) is 6.07 Å². The second kappa shape index (κ2) is 2.47. The summed E-state index contributed by atoms with van der Waals surface area (Å²) < 4.78 is 2.06. The number of nitrogen functional groups attached to an aromatic ring is 1. The Labute approximate surface area is 81.8 Å². The lowest BCUT2D eigenvalue weighted by Gasteiger charge is -1.98. The molecule has 1 aliphatic rings. The maximum Gasteiger partial charge on any atom is 0.162 e. The van der Waals surface area contributed by atoms with Crippen LogP contribution in [0.25, 0.3) is 11.2 Å². The van der Waals surface area contributed by atoms with E-state index in [1.165, 1.54) is 12.8 Å². The van der Waals surface area contributed by atoms with Crippen LogP contribution in [0.15, 0.2) is 12.1 Å². The molecule has 2 N–H and O–H groups in total. The molecule has 0 aliphatic heterocycles. The molecule has 0 bridgehead atoms. The third kappa shape index (κ3) is 0.999. The van der Waals surface area contributed by atoms with E-state index in [2.05, 4.69) is 14.5 Å². The number of imidazole rings is 1. The second-order valence-corrected chi connectivity index (χ2v) is 3.88. The van der Waals surface area contributed by atoms with Crippen molar-refractivity contribution in [3.63, 3.8) is 0 Å². The van der Waals surface area contributed by atoms with Crippen LogP contribution in [0, 0.1) is 0 Å². The van der Waals surface area contributed by atoms with E-state index in [-0.39, 0.29) is 0 Å². The van der Waals surface area contributed by atoms with E-state index in [0.717, 1.165) is 17.0 Å². The summed E-state index contributed by atoms with van der Waals surface area (Å²) in [7, 11) is 2.01. The maximum atomic E-state index is 5.64. The standard InChI is InChI=1S/C10H12N4/c1-14-9(6-2-3-6)12-7-4-5-8(11)13-10(7)14/h4-6H,2-3H2,1H3,(H2,11,13). The third-order valence-corrected chi connectivity index (χ3v) is 2.71. The summed E-state index contributed by atoms with van der Waals surface area (Å²) in [5, 5.41) is 0. The number of pyridine rings is 1. The highest BCUT2D eigenvalue weighted by Gasteiger charge is 2.28. The molecule has 1 saturated carbocycles. The summed E-state index contributed by atoms with van der Waals surface area (Å²) in [6.45, 7) is 0. The summed E-state index contributed by atoms with van der Waals surface area (Å²) in [5.41, 5.74) is 7.48. The van der Waals surface area contributed by atoms with Crippen molar-refractivity contribution in [2.75, 3.05) is 5.73 Å². The maximum absolute atomic E-state index is 5.64. The minimum atomic E-state index is 0.558. The van der Waals surface area contributed by atoms with Crippen molar-refractivity contribution < 1.29 is 0 Å². The van der Waals surface area contributed by atoms with Crippen LogP contribution in [0.1, 0.15) is 24.6 Å². The van der Waals surface area contributed by atoms with Crippen molar-refractivity contribution in [1.82, 2.24) is 14.5 Å². The van der Waals surface area contributed by atoms with Gasteiger partial charge in [0.2, 0.25) is 0 Å². The van der Waals surface area contributed by atoms with Crippen LogP contribution in [-0.4, -0.2) is 14.5 Å². The molecule has 2 heterocycles. The predicted molar refractivity (Wildman–Crippen MR) is 54.9 cm³/mol. The fourth-order valence-electron chi connectivity index (χ4n) is 1.80. The Hall–Kier alpha value is -1.58. The molecule has 3 rings (SSSR count). The number of fused-ring (bicyclic) bond motifs is 1. The highest BCUT2D eigenvalue weighted by atomic mass is 15.1. The van der Waals surface area contributed by atoms with Crippen LogP contribution in [0.3, 0.4) is 0 Å². The van der Waals surface area contributed by atoms with Crippen molar-refractivity contribution in [2.24, 2.45) is 7.05 Å². The topological polar surface area (TPSA) is 56.7 Å². The van der Waals surface area contributed by atoms with Gasteiger partial charge in [-0.15, -0.1) is 0 Å². The van der Waals surface area contributed by atoms with Crippen LogP contribution in [0.5, 0.6) is 0 Å². The van der Waals surface area contributed by atoms with Gasteiger partial charge >= 0.3 is 0 Å². The molecule has 72 valence electrons. The fraction of sp³-hybridized carbons (Fsp3) is 0.400. The molecule has 0 amide bonds. The molecule has 1 fully saturated rings. The van der Waals surface area contributed by atoms with E-state index in [9.17, 15) is 0 Å². The average Bonchev–Trinajstić information content (AvgIpc) is 2.95. The average molecular weight is 188 g/mol. The molecule has 14 heavy (non-hydrogen) atoms. The van der Waals surface area contributed by atoms with Gasteiger partial charge in [0.25, 0.3) is 0 Å². The lowest BCUT2D eigenvalue weighted by Crippen LogP contribution is -1.97. The van der Waals surface area contributed by atoms with Gasteiger partial charge in [-0.05, 0) is 25.0 Å². The lowest BCUT2D eigenvalue weighted by atomic mass is 10.4. The molecule has 0 aromatic carbocycles. The normalized spacial score (nSPS) is 16.4. The van der Waals surface area contributed by atoms with Gasteiger partial charge < -0.3 is 10.3 Å². The number of aromatic nitrogens is 3. The zero-order valence-corrected chi connectivity index (χ0v) is 8.07. The Balaban J connectivity index is 2.29. The third-order valence-electron chi connectivity index (χ3n) is 2.71. The van der Waals surface area contributed by atoms with Gasteiger partial charge in [0.05, 0.1) is 0 Å². The van der Waals surface area contributed by atoms with Crippen LogP contribution < -0.4 is 5.73 Å². The molecular weight excluding hydrogens is 176 g/mol. The molecule has 0 unspecified atom stereocenters. The first-order chi connectivity index (χ1) is 6.75. The van der Waals surface area contributed by atoms with Crippen LogP contribution in [-0.2, 0) is 7.05 Å². The minimum absolute atomic E-state index is 0.558. The molecule has 4 nitrogen and oxygen atoms in total. The zero-order chi connectivity index (χ0) is 9.71. The van der Waals surface area contributed by atoms with Gasteiger partial charge in [-0.1, -0.05) is 0 Å². The quantitative estimate of drug-likeness (QED) is 0.736. The lowest BCUT2D eigenvalue weighted by molar-refractivity contribution is 0.813. The largest absolute Gasteiger partial charge is 0.384 e. The smallest absolute Gasteiger partial charge is 0.162 e. The molecule has 0 atom stereocenters. The van der Waals surface area contributed by atoms with E-state index in [1.807, 2.05) is 13.1 Å². The summed E-state index contributed by atoms with van der Waals surface area (Å²) in [6, 6.07) is 3.73. The number of nitrogens with zero attached hydrogens (tertiary/aromatic N) is 3. The summed E-state index contributed by atoms with van der Waals surface area (Å²) in [4.78, 5) is 8.84. The Bertz CT molecular complexity index is 496. The second-order valence-electron chi connectivity index (χ2n) is 3.88. The number of nitrogens with two attached hydrogens (primary N) is 1. The van der Waals surface area contributed by atoms with E-state index in [0.29, 0.717) is 11.7 Å². The first kappa shape index (κ1) is 7.79. The van der Waals surface area contributed by atoms with E-state index in [4.69, 9.17) is 5.73 Å². The van der Waals surface area contributed by atoms with Crippen LogP contribution in [0.4, 0.5) is 5.82 Å². The van der Waals surface area contributed by atoms with Crippen molar-refractivity contribution in [3.8, 4) is 0 Å². The van der Waals surface area contributed by atoms with E-state index >= 15 is 0 Å². The molecule has 1 aliphatic carbocycles. The SMILES string of the molecule is Cn1c(C2CC2)nc2ccc(N)nc21. The molecule has 0 spiro atoms. The number of hydrogen-bond donors (Lipinski definition) is 1.